The summed E-state index contributed by atoms with van der Waals surface area (Å²) in [7, 11) is -4.50. The Kier molecular flexibility index (Phi) is 11.8. The lowest BCUT2D eigenvalue weighted by atomic mass is 10.1. The zero-order valence-corrected chi connectivity index (χ0v) is 16.2. The third kappa shape index (κ3) is 13.1. The largest absolute Gasteiger partial charge is 0.491 e. The molecule has 0 aromatic heterocycles. The lowest BCUT2D eigenvalue weighted by Crippen LogP contribution is -2.20. The number of hydrogen-bond donors (Lipinski definition) is 2. The minimum absolute atomic E-state index is 0.145. The lowest BCUT2D eigenvalue weighted by molar-refractivity contribution is 0.0818. The highest BCUT2D eigenvalue weighted by Gasteiger charge is 2.22. The molecule has 0 saturated heterocycles. The molecule has 0 fully saturated rings. The second kappa shape index (κ2) is 13.3. The fourth-order valence-electron chi connectivity index (χ4n) is 2.75. The van der Waals surface area contributed by atoms with Crippen molar-refractivity contribution in [2.75, 3.05) is 6.61 Å². The SMILES string of the molecule is CCCCCCCCCCCC(COc1ccccc1)OP(=O)(O)O. The third-order valence-corrected chi connectivity index (χ3v) is 4.67. The molecule has 0 aliphatic carbocycles. The van der Waals surface area contributed by atoms with Crippen LogP contribution >= 0.6 is 7.82 Å². The van der Waals surface area contributed by atoms with Gasteiger partial charge < -0.3 is 14.5 Å². The highest BCUT2D eigenvalue weighted by Crippen LogP contribution is 2.38. The number of hydrogen-bond acceptors (Lipinski definition) is 3. The molecular formula is C19H33O5P. The summed E-state index contributed by atoms with van der Waals surface area (Å²) in [4.78, 5) is 18.1. The van der Waals surface area contributed by atoms with Gasteiger partial charge in [-0.15, -0.1) is 0 Å². The molecule has 25 heavy (non-hydrogen) atoms. The van der Waals surface area contributed by atoms with Crippen molar-refractivity contribution in [3.05, 3.63) is 30.3 Å². The summed E-state index contributed by atoms with van der Waals surface area (Å²) in [5.74, 6) is 0.675. The summed E-state index contributed by atoms with van der Waals surface area (Å²) >= 11 is 0. The van der Waals surface area contributed by atoms with E-state index in [2.05, 4.69) is 6.92 Å². The van der Waals surface area contributed by atoms with Crippen molar-refractivity contribution >= 4 is 7.82 Å². The van der Waals surface area contributed by atoms with Crippen molar-refractivity contribution < 1.29 is 23.6 Å². The average molecular weight is 372 g/mol. The van der Waals surface area contributed by atoms with E-state index >= 15 is 0 Å². The Bertz CT molecular complexity index is 474. The van der Waals surface area contributed by atoms with Gasteiger partial charge in [0.2, 0.25) is 0 Å². The van der Waals surface area contributed by atoms with Crippen LogP contribution in [-0.2, 0) is 9.09 Å². The minimum Gasteiger partial charge on any atom is -0.491 e. The second-order valence-electron chi connectivity index (χ2n) is 6.46. The van der Waals surface area contributed by atoms with Crippen LogP contribution in [0, 0.1) is 0 Å². The predicted molar refractivity (Wildman–Crippen MR) is 101 cm³/mol. The molecule has 0 bridgehead atoms. The number of para-hydroxylation sites is 1. The van der Waals surface area contributed by atoms with Gasteiger partial charge in [0.25, 0.3) is 0 Å². The Hall–Kier alpha value is -0.870. The molecule has 0 aliphatic rings. The van der Waals surface area contributed by atoms with E-state index in [0.717, 1.165) is 19.3 Å². The van der Waals surface area contributed by atoms with E-state index in [-0.39, 0.29) is 6.61 Å². The summed E-state index contributed by atoms with van der Waals surface area (Å²) in [5.41, 5.74) is 0. The number of ether oxygens (including phenoxy) is 1. The molecule has 0 saturated carbocycles. The summed E-state index contributed by atoms with van der Waals surface area (Å²) in [6, 6.07) is 9.22. The molecule has 1 unspecified atom stereocenters. The summed E-state index contributed by atoms with van der Waals surface area (Å²) < 4.78 is 21.6. The van der Waals surface area contributed by atoms with Crippen LogP contribution in [0.1, 0.15) is 71.1 Å². The Balaban J connectivity index is 2.21. The van der Waals surface area contributed by atoms with E-state index < -0.39 is 13.9 Å². The van der Waals surface area contributed by atoms with E-state index in [0.29, 0.717) is 12.2 Å². The number of phosphoric ester groups is 1. The molecule has 1 aromatic rings. The minimum atomic E-state index is -4.50. The van der Waals surface area contributed by atoms with Gasteiger partial charge in [0.1, 0.15) is 18.5 Å². The molecule has 1 rings (SSSR count). The van der Waals surface area contributed by atoms with Crippen molar-refractivity contribution in [1.82, 2.24) is 0 Å². The van der Waals surface area contributed by atoms with Crippen LogP contribution in [0.15, 0.2) is 30.3 Å². The Labute approximate surface area is 152 Å². The fraction of sp³-hybridized carbons (Fsp3) is 0.684. The van der Waals surface area contributed by atoms with E-state index in [4.69, 9.17) is 19.0 Å². The van der Waals surface area contributed by atoms with Gasteiger partial charge in [-0.2, -0.15) is 0 Å². The maximum atomic E-state index is 11.1. The maximum Gasteiger partial charge on any atom is 0.469 e. The maximum absolute atomic E-state index is 11.1. The summed E-state index contributed by atoms with van der Waals surface area (Å²) in [5, 5.41) is 0. The first-order valence-corrected chi connectivity index (χ1v) is 11.0. The first kappa shape index (κ1) is 22.2. The van der Waals surface area contributed by atoms with Crippen molar-refractivity contribution in [2.45, 2.75) is 77.2 Å². The molecule has 5 nitrogen and oxygen atoms in total. The van der Waals surface area contributed by atoms with E-state index in [9.17, 15) is 4.57 Å². The first-order valence-electron chi connectivity index (χ1n) is 9.43. The van der Waals surface area contributed by atoms with Crippen molar-refractivity contribution in [3.8, 4) is 5.75 Å². The number of phosphoric acid groups is 1. The molecular weight excluding hydrogens is 339 g/mol. The molecule has 1 atom stereocenters. The molecule has 1 aromatic carbocycles. The molecule has 0 heterocycles. The average Bonchev–Trinajstić information content (AvgIpc) is 2.57. The Morgan fingerprint density at radius 1 is 0.920 bits per heavy atom. The van der Waals surface area contributed by atoms with Crippen LogP contribution in [0.5, 0.6) is 5.75 Å². The van der Waals surface area contributed by atoms with Gasteiger partial charge in [0.15, 0.2) is 0 Å². The number of benzene rings is 1. The van der Waals surface area contributed by atoms with Crippen LogP contribution in [-0.4, -0.2) is 22.5 Å². The van der Waals surface area contributed by atoms with Gasteiger partial charge in [0.05, 0.1) is 0 Å². The zero-order chi connectivity index (χ0) is 18.4. The number of unbranched alkanes of at least 4 members (excludes halogenated alkanes) is 8. The topological polar surface area (TPSA) is 76.0 Å². The summed E-state index contributed by atoms with van der Waals surface area (Å²) in [6.45, 7) is 2.36. The molecule has 6 heteroatoms. The van der Waals surface area contributed by atoms with Crippen molar-refractivity contribution in [2.24, 2.45) is 0 Å². The molecule has 0 radical (unpaired) electrons. The third-order valence-electron chi connectivity index (χ3n) is 4.10. The molecule has 2 N–H and O–H groups in total. The Morgan fingerprint density at radius 3 is 2.04 bits per heavy atom. The van der Waals surface area contributed by atoms with Gasteiger partial charge >= 0.3 is 7.82 Å². The predicted octanol–water partition coefficient (Wildman–Crippen LogP) is 5.46. The van der Waals surface area contributed by atoms with Crippen molar-refractivity contribution in [1.29, 1.82) is 0 Å². The van der Waals surface area contributed by atoms with E-state index in [1.165, 1.54) is 38.5 Å². The smallest absolute Gasteiger partial charge is 0.469 e. The van der Waals surface area contributed by atoms with Gasteiger partial charge in [-0.05, 0) is 18.6 Å². The van der Waals surface area contributed by atoms with Gasteiger partial charge in [-0.25, -0.2) is 4.57 Å². The monoisotopic (exact) mass is 372 g/mol. The van der Waals surface area contributed by atoms with Crippen molar-refractivity contribution in [3.63, 3.8) is 0 Å². The molecule has 144 valence electrons. The molecule has 0 spiro atoms. The van der Waals surface area contributed by atoms with E-state index in [1.54, 1.807) is 0 Å². The van der Waals surface area contributed by atoms with Gasteiger partial charge in [-0.3, -0.25) is 4.52 Å². The highest BCUT2D eigenvalue weighted by atomic mass is 31.2. The Morgan fingerprint density at radius 2 is 1.48 bits per heavy atom. The fourth-order valence-corrected chi connectivity index (χ4v) is 3.30. The van der Waals surface area contributed by atoms with Crippen LogP contribution in [0.25, 0.3) is 0 Å². The zero-order valence-electron chi connectivity index (χ0n) is 15.3. The van der Waals surface area contributed by atoms with Gasteiger partial charge in [0, 0.05) is 0 Å². The van der Waals surface area contributed by atoms with E-state index in [1.807, 2.05) is 30.3 Å². The lowest BCUT2D eigenvalue weighted by Gasteiger charge is -2.18. The standard InChI is InChI=1S/C19H33O5P/c1-2-3-4-5-6-7-8-9-11-16-19(24-25(20,21)22)17-23-18-14-12-10-13-15-18/h10,12-15,19H,2-9,11,16-17H2,1H3,(H2,20,21,22). The van der Waals surface area contributed by atoms with Crippen LogP contribution in [0.2, 0.25) is 0 Å². The quantitative estimate of drug-likeness (QED) is 0.316. The first-order chi connectivity index (χ1) is 12.0. The van der Waals surface area contributed by atoms with Crippen LogP contribution in [0.3, 0.4) is 0 Å². The second-order valence-corrected chi connectivity index (χ2v) is 7.65. The van der Waals surface area contributed by atoms with Gasteiger partial charge in [-0.1, -0.05) is 82.9 Å². The van der Waals surface area contributed by atoms with Crippen LogP contribution in [0.4, 0.5) is 0 Å². The molecule has 0 amide bonds. The summed E-state index contributed by atoms with van der Waals surface area (Å²) in [6.07, 6.45) is 10.8. The van der Waals surface area contributed by atoms with Crippen LogP contribution < -0.4 is 4.74 Å². The number of rotatable bonds is 15. The molecule has 0 aliphatic heterocycles. The highest BCUT2D eigenvalue weighted by molar-refractivity contribution is 7.46. The normalized spacial score (nSPS) is 12.9.